The number of aromatic nitrogens is 2. The van der Waals surface area contributed by atoms with E-state index in [0.717, 1.165) is 12.8 Å². The Morgan fingerprint density at radius 2 is 2.08 bits per heavy atom. The molecule has 0 spiro atoms. The lowest BCUT2D eigenvalue weighted by Crippen LogP contribution is -1.87. The Kier molecular flexibility index (Phi) is 2.27. The summed E-state index contributed by atoms with van der Waals surface area (Å²) in [5.74, 6) is 0. The summed E-state index contributed by atoms with van der Waals surface area (Å²) in [6, 6.07) is 0. The zero-order valence-electron chi connectivity index (χ0n) is 7.87. The minimum Gasteiger partial charge on any atom is -0.263 e. The standard InChI is InChI=1S/C10H12N2S/c1-3-7-5-11-6-9-10(7)8(4-2)12-13-9/h5-6H,3-4H2,1-2H3. The summed E-state index contributed by atoms with van der Waals surface area (Å²) in [6.45, 7) is 4.31. The van der Waals surface area contributed by atoms with Crippen LogP contribution in [0, 0.1) is 0 Å². The Morgan fingerprint density at radius 1 is 1.23 bits per heavy atom. The highest BCUT2D eigenvalue weighted by Gasteiger charge is 2.07. The number of pyridine rings is 1. The van der Waals surface area contributed by atoms with E-state index in [1.807, 2.05) is 12.4 Å². The predicted octanol–water partition coefficient (Wildman–Crippen LogP) is 2.82. The molecule has 0 unspecified atom stereocenters. The fourth-order valence-electron chi connectivity index (χ4n) is 1.54. The van der Waals surface area contributed by atoms with Crippen molar-refractivity contribution < 1.29 is 0 Å². The smallest absolute Gasteiger partial charge is 0.0738 e. The lowest BCUT2D eigenvalue weighted by molar-refractivity contribution is 1.08. The third-order valence-electron chi connectivity index (χ3n) is 2.25. The molecule has 2 heterocycles. The Labute approximate surface area is 81.8 Å². The van der Waals surface area contributed by atoms with E-state index in [9.17, 15) is 0 Å². The number of nitrogens with zero attached hydrogens (tertiary/aromatic N) is 2. The third-order valence-corrected chi connectivity index (χ3v) is 3.07. The molecule has 2 aromatic rings. The fraction of sp³-hybridized carbons (Fsp3) is 0.400. The maximum Gasteiger partial charge on any atom is 0.0738 e. The molecule has 0 atom stereocenters. The van der Waals surface area contributed by atoms with Gasteiger partial charge in [0, 0.05) is 17.8 Å². The van der Waals surface area contributed by atoms with Crippen molar-refractivity contribution in [3.05, 3.63) is 23.7 Å². The van der Waals surface area contributed by atoms with Crippen molar-refractivity contribution >= 4 is 21.6 Å². The quantitative estimate of drug-likeness (QED) is 0.731. The van der Waals surface area contributed by atoms with Crippen LogP contribution in [0.2, 0.25) is 0 Å². The Balaban J connectivity index is 2.76. The lowest BCUT2D eigenvalue weighted by atomic mass is 10.1. The van der Waals surface area contributed by atoms with Crippen LogP contribution in [0.3, 0.4) is 0 Å². The van der Waals surface area contributed by atoms with Gasteiger partial charge in [0.15, 0.2) is 0 Å². The highest BCUT2D eigenvalue weighted by Crippen LogP contribution is 2.25. The topological polar surface area (TPSA) is 25.8 Å². The van der Waals surface area contributed by atoms with E-state index in [-0.39, 0.29) is 0 Å². The Hall–Kier alpha value is -0.960. The SMILES string of the molecule is CCc1cncc2snc(CC)c12. The Bertz CT molecular complexity index is 420. The van der Waals surface area contributed by atoms with Crippen LogP contribution in [0.25, 0.3) is 10.1 Å². The van der Waals surface area contributed by atoms with Gasteiger partial charge in [-0.05, 0) is 29.9 Å². The van der Waals surface area contributed by atoms with Crippen LogP contribution in [-0.4, -0.2) is 9.36 Å². The van der Waals surface area contributed by atoms with Gasteiger partial charge in [0.1, 0.15) is 0 Å². The van der Waals surface area contributed by atoms with E-state index in [1.165, 1.54) is 21.3 Å². The molecule has 0 amide bonds. The summed E-state index contributed by atoms with van der Waals surface area (Å²) >= 11 is 1.56. The van der Waals surface area contributed by atoms with Crippen LogP contribution < -0.4 is 0 Å². The maximum atomic E-state index is 4.42. The highest BCUT2D eigenvalue weighted by atomic mass is 32.1. The van der Waals surface area contributed by atoms with Gasteiger partial charge in [0.2, 0.25) is 0 Å². The first-order valence-corrected chi connectivity index (χ1v) is 5.35. The molecule has 0 N–H and O–H groups in total. The molecule has 68 valence electrons. The zero-order chi connectivity index (χ0) is 9.26. The van der Waals surface area contributed by atoms with Gasteiger partial charge in [-0.1, -0.05) is 13.8 Å². The minimum atomic E-state index is 1.01. The highest BCUT2D eigenvalue weighted by molar-refractivity contribution is 7.13. The summed E-state index contributed by atoms with van der Waals surface area (Å²) in [7, 11) is 0. The molecule has 0 fully saturated rings. The average Bonchev–Trinajstić information content (AvgIpc) is 2.60. The number of fused-ring (bicyclic) bond motifs is 1. The van der Waals surface area contributed by atoms with Crippen LogP contribution in [0.5, 0.6) is 0 Å². The van der Waals surface area contributed by atoms with E-state index in [0.29, 0.717) is 0 Å². The number of aryl methyl sites for hydroxylation is 2. The molecule has 0 saturated carbocycles. The van der Waals surface area contributed by atoms with Crippen molar-refractivity contribution in [2.45, 2.75) is 26.7 Å². The first-order chi connectivity index (χ1) is 6.36. The van der Waals surface area contributed by atoms with Gasteiger partial charge in [0.25, 0.3) is 0 Å². The fourth-order valence-corrected chi connectivity index (χ4v) is 2.42. The average molecular weight is 192 g/mol. The molecular formula is C10H12N2S. The number of hydrogen-bond acceptors (Lipinski definition) is 3. The largest absolute Gasteiger partial charge is 0.263 e. The van der Waals surface area contributed by atoms with Crippen LogP contribution >= 0.6 is 11.5 Å². The van der Waals surface area contributed by atoms with Gasteiger partial charge in [-0.15, -0.1) is 0 Å². The van der Waals surface area contributed by atoms with Gasteiger partial charge < -0.3 is 0 Å². The molecule has 0 aliphatic heterocycles. The van der Waals surface area contributed by atoms with Crippen molar-refractivity contribution in [3.63, 3.8) is 0 Å². The van der Waals surface area contributed by atoms with Crippen molar-refractivity contribution in [3.8, 4) is 0 Å². The first-order valence-electron chi connectivity index (χ1n) is 4.58. The molecule has 0 saturated heterocycles. The Morgan fingerprint density at radius 3 is 2.77 bits per heavy atom. The van der Waals surface area contributed by atoms with E-state index < -0.39 is 0 Å². The molecule has 2 rings (SSSR count). The predicted molar refractivity (Wildman–Crippen MR) is 56.2 cm³/mol. The molecule has 3 heteroatoms. The molecule has 0 aromatic carbocycles. The van der Waals surface area contributed by atoms with Crippen LogP contribution in [0.15, 0.2) is 12.4 Å². The summed E-state index contributed by atoms with van der Waals surface area (Å²) in [5, 5.41) is 1.34. The second-order valence-corrected chi connectivity index (χ2v) is 3.81. The monoisotopic (exact) mass is 192 g/mol. The first kappa shape index (κ1) is 8.63. The molecule has 0 aliphatic carbocycles. The van der Waals surface area contributed by atoms with Crippen LogP contribution in [-0.2, 0) is 12.8 Å². The summed E-state index contributed by atoms with van der Waals surface area (Å²) < 4.78 is 5.64. The molecule has 2 nitrogen and oxygen atoms in total. The van der Waals surface area contributed by atoms with E-state index >= 15 is 0 Å². The molecule has 2 aromatic heterocycles. The number of hydrogen-bond donors (Lipinski definition) is 0. The van der Waals surface area contributed by atoms with Gasteiger partial charge in [0.05, 0.1) is 10.4 Å². The van der Waals surface area contributed by atoms with Crippen LogP contribution in [0.1, 0.15) is 25.1 Å². The molecule has 0 aliphatic rings. The van der Waals surface area contributed by atoms with E-state index in [2.05, 4.69) is 23.2 Å². The second kappa shape index (κ2) is 3.42. The van der Waals surface area contributed by atoms with Crippen molar-refractivity contribution in [2.75, 3.05) is 0 Å². The molecule has 0 radical (unpaired) electrons. The summed E-state index contributed by atoms with van der Waals surface area (Å²) in [5.41, 5.74) is 2.54. The van der Waals surface area contributed by atoms with E-state index in [1.54, 1.807) is 11.5 Å². The second-order valence-electron chi connectivity index (χ2n) is 3.01. The maximum absolute atomic E-state index is 4.42. The van der Waals surface area contributed by atoms with Crippen LogP contribution in [0.4, 0.5) is 0 Å². The van der Waals surface area contributed by atoms with Gasteiger partial charge in [-0.25, -0.2) is 0 Å². The molecular weight excluding hydrogens is 180 g/mol. The minimum absolute atomic E-state index is 1.01. The van der Waals surface area contributed by atoms with E-state index in [4.69, 9.17) is 0 Å². The van der Waals surface area contributed by atoms with Gasteiger partial charge in [-0.3, -0.25) is 4.98 Å². The normalized spacial score (nSPS) is 10.9. The zero-order valence-corrected chi connectivity index (χ0v) is 8.69. The van der Waals surface area contributed by atoms with Crippen molar-refractivity contribution in [1.29, 1.82) is 0 Å². The summed E-state index contributed by atoms with van der Waals surface area (Å²) in [6.07, 6.45) is 5.91. The van der Waals surface area contributed by atoms with Gasteiger partial charge in [-0.2, -0.15) is 4.37 Å². The van der Waals surface area contributed by atoms with Gasteiger partial charge >= 0.3 is 0 Å². The lowest BCUT2D eigenvalue weighted by Gasteiger charge is -1.99. The number of rotatable bonds is 2. The third kappa shape index (κ3) is 1.33. The molecule has 13 heavy (non-hydrogen) atoms. The molecule has 0 bridgehead atoms. The van der Waals surface area contributed by atoms with Crippen molar-refractivity contribution in [1.82, 2.24) is 9.36 Å². The summed E-state index contributed by atoms with van der Waals surface area (Å²) in [4.78, 5) is 4.20. The van der Waals surface area contributed by atoms with Crippen molar-refractivity contribution in [2.24, 2.45) is 0 Å².